The molecule has 0 radical (unpaired) electrons. The van der Waals surface area contributed by atoms with Crippen molar-refractivity contribution >= 4 is 35.8 Å². The second kappa shape index (κ2) is 5.84. The molecule has 1 atom stereocenters. The van der Waals surface area contributed by atoms with Gasteiger partial charge in [0.15, 0.2) is 10.9 Å². The van der Waals surface area contributed by atoms with Crippen molar-refractivity contribution in [2.24, 2.45) is 5.41 Å². The topological polar surface area (TPSA) is 66.7 Å². The van der Waals surface area contributed by atoms with Gasteiger partial charge in [0.25, 0.3) is 5.91 Å². The molecule has 0 bridgehead atoms. The Kier molecular flexibility index (Phi) is 3.67. The quantitative estimate of drug-likeness (QED) is 0.701. The van der Waals surface area contributed by atoms with Crippen molar-refractivity contribution in [1.82, 2.24) is 10.2 Å². The molecule has 6 nitrogen and oxygen atoms in total. The molecule has 5 rings (SSSR count). The first-order chi connectivity index (χ1) is 12.5. The van der Waals surface area contributed by atoms with Gasteiger partial charge in [-0.2, -0.15) is 0 Å². The summed E-state index contributed by atoms with van der Waals surface area (Å²) < 4.78 is 11.2. The number of halogens is 1. The minimum Gasteiger partial charge on any atom is -0.455 e. The minimum absolute atomic E-state index is 0.139. The third-order valence-electron chi connectivity index (χ3n) is 5.38. The summed E-state index contributed by atoms with van der Waals surface area (Å²) in [7, 11) is 0. The number of anilines is 1. The third-order valence-corrected chi connectivity index (χ3v) is 5.85. The Balaban J connectivity index is 1.11. The highest BCUT2D eigenvalue weighted by molar-refractivity contribution is 7.80. The zero-order valence-corrected chi connectivity index (χ0v) is 15.5. The molecule has 26 heavy (non-hydrogen) atoms. The van der Waals surface area contributed by atoms with Crippen molar-refractivity contribution in [3.8, 4) is 5.75 Å². The van der Waals surface area contributed by atoms with Crippen LogP contribution in [0.15, 0.2) is 39.8 Å². The van der Waals surface area contributed by atoms with E-state index in [1.54, 1.807) is 12.1 Å². The Bertz CT molecular complexity index is 872. The van der Waals surface area contributed by atoms with Gasteiger partial charge in [-0.3, -0.25) is 4.79 Å². The second-order valence-electron chi connectivity index (χ2n) is 7.38. The molecule has 2 fully saturated rings. The number of furan rings is 1. The van der Waals surface area contributed by atoms with E-state index in [9.17, 15) is 4.79 Å². The van der Waals surface area contributed by atoms with Gasteiger partial charge >= 0.3 is 0 Å². The number of rotatable bonds is 3. The van der Waals surface area contributed by atoms with Crippen LogP contribution in [0.25, 0.3) is 0 Å². The number of hydrogen-bond donors (Lipinski definition) is 3. The Morgan fingerprint density at radius 1 is 1.31 bits per heavy atom. The summed E-state index contributed by atoms with van der Waals surface area (Å²) in [5.74, 6) is 0.974. The van der Waals surface area contributed by atoms with Gasteiger partial charge in [-0.05, 0) is 43.2 Å². The second-order valence-corrected chi connectivity index (χ2v) is 8.25. The highest BCUT2D eigenvalue weighted by atomic mass is 35.5. The molecule has 2 N–H and O–H groups in total. The summed E-state index contributed by atoms with van der Waals surface area (Å²) >= 11 is 10.1. The lowest BCUT2D eigenvalue weighted by Gasteiger charge is -2.59. The van der Waals surface area contributed by atoms with E-state index in [1.807, 2.05) is 18.2 Å². The van der Waals surface area contributed by atoms with E-state index in [2.05, 4.69) is 28.2 Å². The van der Waals surface area contributed by atoms with Crippen LogP contribution in [0.5, 0.6) is 5.75 Å². The lowest BCUT2D eigenvalue weighted by Crippen LogP contribution is -2.69. The number of ether oxygens (including phenoxy) is 1. The summed E-state index contributed by atoms with van der Waals surface area (Å²) in [4.78, 5) is 14.4. The van der Waals surface area contributed by atoms with Gasteiger partial charge in [0.2, 0.25) is 6.35 Å². The maximum atomic E-state index is 12.1. The summed E-state index contributed by atoms with van der Waals surface area (Å²) in [5.41, 5.74) is 1.22. The molecule has 8 heteroatoms. The zero-order chi connectivity index (χ0) is 17.9. The van der Waals surface area contributed by atoms with Gasteiger partial charge in [0.05, 0.1) is 5.69 Å². The molecular formula is C18H18ClN3O3S. The minimum atomic E-state index is -0.172. The predicted molar refractivity (Wildman–Crippen MR) is 99.9 cm³/mol. The number of likely N-dealkylation sites (tertiary alicyclic amines) is 1. The smallest absolute Gasteiger partial charge is 0.287 e. The normalized spacial score (nSPS) is 23.5. The molecule has 1 spiro atoms. The van der Waals surface area contributed by atoms with Crippen LogP contribution in [-0.4, -0.2) is 36.3 Å². The van der Waals surface area contributed by atoms with E-state index in [0.717, 1.165) is 37.4 Å². The van der Waals surface area contributed by atoms with Crippen LogP contribution in [0.1, 0.15) is 23.4 Å². The first kappa shape index (κ1) is 16.4. The summed E-state index contributed by atoms with van der Waals surface area (Å²) in [6, 6.07) is 9.11. The molecule has 1 aliphatic carbocycles. The Morgan fingerprint density at radius 3 is 2.85 bits per heavy atom. The number of nitrogens with one attached hydrogen (secondary N) is 2. The Labute approximate surface area is 161 Å². The lowest BCUT2D eigenvalue weighted by molar-refractivity contribution is -0.128. The van der Waals surface area contributed by atoms with Crippen molar-refractivity contribution in [1.29, 1.82) is 0 Å². The number of fused-ring (bicyclic) bond motifs is 1. The molecule has 3 heterocycles. The molecule has 2 aliphatic heterocycles. The van der Waals surface area contributed by atoms with E-state index >= 15 is 0 Å². The van der Waals surface area contributed by atoms with Crippen molar-refractivity contribution in [2.45, 2.75) is 30.3 Å². The number of nitrogens with zero attached hydrogens (tertiary/aromatic N) is 1. The van der Waals surface area contributed by atoms with E-state index in [-0.39, 0.29) is 23.7 Å². The predicted octanol–water partition coefficient (Wildman–Crippen LogP) is 3.20. The molecule has 2 aromatic rings. The standard InChI is InChI=1S/C18H18ClN3O3S/c19-10-1-2-13-12(5-10)21-17(25-13)22-8-18(9-22)6-11(7-18)20-16(23)14-3-4-15(26)24-14/h1-5,11,17,21,26H,6-9H2,(H,20,23). The summed E-state index contributed by atoms with van der Waals surface area (Å²) in [6.45, 7) is 1.92. The van der Waals surface area contributed by atoms with Crippen molar-refractivity contribution in [2.75, 3.05) is 18.4 Å². The monoisotopic (exact) mass is 391 g/mol. The van der Waals surface area contributed by atoms with E-state index < -0.39 is 0 Å². The van der Waals surface area contributed by atoms with Crippen molar-refractivity contribution in [3.05, 3.63) is 41.1 Å². The largest absolute Gasteiger partial charge is 0.455 e. The first-order valence-corrected chi connectivity index (χ1v) is 9.39. The number of hydrogen-bond acceptors (Lipinski definition) is 6. The molecule has 136 valence electrons. The average Bonchev–Trinajstić information content (AvgIpc) is 3.13. The molecule has 1 saturated carbocycles. The van der Waals surface area contributed by atoms with Crippen LogP contribution in [0.3, 0.4) is 0 Å². The van der Waals surface area contributed by atoms with Crippen LogP contribution >= 0.6 is 24.2 Å². The fourth-order valence-corrected chi connectivity index (χ4v) is 4.54. The lowest BCUT2D eigenvalue weighted by atomic mass is 9.60. The molecule has 3 aliphatic rings. The summed E-state index contributed by atoms with van der Waals surface area (Å²) in [5, 5.41) is 7.53. The van der Waals surface area contributed by atoms with Crippen molar-refractivity contribution in [3.63, 3.8) is 0 Å². The number of carbonyl (C=O) groups excluding carboxylic acids is 1. The number of carbonyl (C=O) groups is 1. The fraction of sp³-hybridized carbons (Fsp3) is 0.389. The van der Waals surface area contributed by atoms with Crippen LogP contribution in [0.4, 0.5) is 5.69 Å². The number of thiol groups is 1. The van der Waals surface area contributed by atoms with Gasteiger partial charge in [-0.1, -0.05) is 11.6 Å². The number of benzene rings is 1. The van der Waals surface area contributed by atoms with Gasteiger partial charge in [-0.15, -0.1) is 12.6 Å². The van der Waals surface area contributed by atoms with E-state index in [1.165, 1.54) is 0 Å². The molecule has 1 aromatic carbocycles. The van der Waals surface area contributed by atoms with Crippen LogP contribution < -0.4 is 15.4 Å². The van der Waals surface area contributed by atoms with Gasteiger partial charge in [0.1, 0.15) is 5.75 Å². The summed E-state index contributed by atoms with van der Waals surface area (Å²) in [6.07, 6.45) is 1.82. The molecule has 1 unspecified atom stereocenters. The Morgan fingerprint density at radius 2 is 2.12 bits per heavy atom. The van der Waals surface area contributed by atoms with Crippen LogP contribution in [0, 0.1) is 5.41 Å². The van der Waals surface area contributed by atoms with Gasteiger partial charge in [-0.25, -0.2) is 4.90 Å². The SMILES string of the molecule is O=C(NC1CC2(C1)CN(C1Nc3cc(Cl)ccc3O1)C2)c1ccc(S)o1. The zero-order valence-electron chi connectivity index (χ0n) is 13.9. The fourth-order valence-electron chi connectivity index (χ4n) is 4.20. The maximum Gasteiger partial charge on any atom is 0.287 e. The Hall–Kier alpha value is -1.83. The average molecular weight is 392 g/mol. The number of amides is 1. The highest BCUT2D eigenvalue weighted by Gasteiger charge is 2.55. The highest BCUT2D eigenvalue weighted by Crippen LogP contribution is 2.50. The van der Waals surface area contributed by atoms with Gasteiger partial charge in [0, 0.05) is 29.6 Å². The van der Waals surface area contributed by atoms with Crippen LogP contribution in [0.2, 0.25) is 5.02 Å². The first-order valence-electron chi connectivity index (χ1n) is 8.56. The van der Waals surface area contributed by atoms with Crippen LogP contribution in [-0.2, 0) is 0 Å². The molecular weight excluding hydrogens is 374 g/mol. The van der Waals surface area contributed by atoms with E-state index in [4.69, 9.17) is 20.8 Å². The maximum absolute atomic E-state index is 12.1. The van der Waals surface area contributed by atoms with E-state index in [0.29, 0.717) is 15.9 Å². The molecule has 1 saturated heterocycles. The molecule has 1 aromatic heterocycles. The van der Waals surface area contributed by atoms with Crippen molar-refractivity contribution < 1.29 is 13.9 Å². The van der Waals surface area contributed by atoms with Gasteiger partial charge < -0.3 is 19.8 Å². The third kappa shape index (κ3) is 2.74. The molecule has 1 amide bonds.